The molecule has 0 aromatic heterocycles. The van der Waals surface area contributed by atoms with E-state index in [9.17, 15) is 14.9 Å². The van der Waals surface area contributed by atoms with Gasteiger partial charge in [-0.2, -0.15) is 5.26 Å². The van der Waals surface area contributed by atoms with Crippen molar-refractivity contribution in [3.8, 4) is 6.07 Å². The number of nitrogens with zero attached hydrogens (tertiary/aromatic N) is 1. The molecule has 0 radical (unpaired) electrons. The zero-order valence-corrected chi connectivity index (χ0v) is 18.7. The topological polar surface area (TPSA) is 82.0 Å². The second kappa shape index (κ2) is 9.95. The van der Waals surface area contributed by atoms with Crippen LogP contribution in [-0.4, -0.2) is 11.8 Å². The molecule has 0 saturated heterocycles. The van der Waals surface area contributed by atoms with Gasteiger partial charge in [0.2, 0.25) is 0 Å². The molecule has 5 nitrogen and oxygen atoms in total. The van der Waals surface area contributed by atoms with E-state index in [2.05, 4.69) is 10.6 Å². The molecule has 3 rings (SSSR count). The molecule has 0 fully saturated rings. The maximum atomic E-state index is 12.7. The van der Waals surface area contributed by atoms with Gasteiger partial charge in [0, 0.05) is 22.0 Å². The number of benzene rings is 3. The molecule has 0 bridgehead atoms. The van der Waals surface area contributed by atoms with Gasteiger partial charge in [-0.15, -0.1) is 0 Å². The van der Waals surface area contributed by atoms with E-state index < -0.39 is 5.91 Å². The van der Waals surface area contributed by atoms with E-state index in [0.29, 0.717) is 27.5 Å². The van der Waals surface area contributed by atoms with Crippen LogP contribution in [0.4, 0.5) is 11.4 Å². The first-order valence-corrected chi connectivity index (χ1v) is 10.3. The first-order valence-electron chi connectivity index (χ1n) is 9.95. The summed E-state index contributed by atoms with van der Waals surface area (Å²) in [6.07, 6.45) is 1.49. The quantitative estimate of drug-likeness (QED) is 0.371. The Morgan fingerprint density at radius 1 is 0.938 bits per heavy atom. The molecule has 3 aromatic carbocycles. The third-order valence-electron chi connectivity index (χ3n) is 4.84. The van der Waals surface area contributed by atoms with E-state index in [1.807, 2.05) is 39.0 Å². The van der Waals surface area contributed by atoms with Gasteiger partial charge in [0.15, 0.2) is 0 Å². The Kier molecular flexibility index (Phi) is 7.09. The van der Waals surface area contributed by atoms with Crippen molar-refractivity contribution in [1.29, 1.82) is 5.26 Å². The summed E-state index contributed by atoms with van der Waals surface area (Å²) in [7, 11) is 0. The molecule has 0 aliphatic heterocycles. The average Bonchev–Trinajstić information content (AvgIpc) is 2.75. The second-order valence-corrected chi connectivity index (χ2v) is 7.92. The molecular weight excluding hydrogens is 422 g/mol. The van der Waals surface area contributed by atoms with Crippen LogP contribution in [0.1, 0.15) is 32.6 Å². The van der Waals surface area contributed by atoms with E-state index >= 15 is 0 Å². The van der Waals surface area contributed by atoms with Gasteiger partial charge in [-0.05, 0) is 79.9 Å². The molecule has 3 aromatic rings. The van der Waals surface area contributed by atoms with Crippen LogP contribution in [0.3, 0.4) is 0 Å². The number of amides is 2. The number of halogens is 1. The van der Waals surface area contributed by atoms with E-state index in [4.69, 9.17) is 11.6 Å². The molecule has 2 amide bonds. The Morgan fingerprint density at radius 3 is 2.22 bits per heavy atom. The summed E-state index contributed by atoms with van der Waals surface area (Å²) < 4.78 is 0. The Bertz CT molecular complexity index is 1230. The Hall–Kier alpha value is -3.88. The van der Waals surface area contributed by atoms with Crippen molar-refractivity contribution < 1.29 is 9.59 Å². The van der Waals surface area contributed by atoms with Gasteiger partial charge in [0.1, 0.15) is 11.6 Å². The van der Waals surface area contributed by atoms with Crippen LogP contribution in [0.25, 0.3) is 6.08 Å². The third kappa shape index (κ3) is 5.63. The fourth-order valence-electron chi connectivity index (χ4n) is 3.38. The highest BCUT2D eigenvalue weighted by molar-refractivity contribution is 6.30. The molecular formula is C26H22ClN3O2. The van der Waals surface area contributed by atoms with Crippen molar-refractivity contribution in [3.63, 3.8) is 0 Å². The number of carbonyl (C=O) groups is 2. The van der Waals surface area contributed by atoms with Crippen molar-refractivity contribution in [2.24, 2.45) is 0 Å². The lowest BCUT2D eigenvalue weighted by Crippen LogP contribution is -2.15. The van der Waals surface area contributed by atoms with Gasteiger partial charge in [-0.3, -0.25) is 9.59 Å². The molecule has 0 atom stereocenters. The van der Waals surface area contributed by atoms with Crippen LogP contribution in [0.2, 0.25) is 5.02 Å². The fraction of sp³-hybridized carbons (Fsp3) is 0.115. The second-order valence-electron chi connectivity index (χ2n) is 7.48. The fourth-order valence-corrected chi connectivity index (χ4v) is 3.51. The first kappa shape index (κ1) is 22.8. The molecule has 32 heavy (non-hydrogen) atoms. The number of hydrogen-bond acceptors (Lipinski definition) is 3. The standard InChI is InChI=1S/C26H22ClN3O2/c1-16-11-17(2)24(18(3)12-16)30-26(32)21(15-28)13-19-5-4-6-23(14-19)29-25(31)20-7-9-22(27)10-8-20/h4-14H,1-3H3,(H,29,31)(H,30,32)/b21-13+. The van der Waals surface area contributed by atoms with Gasteiger partial charge in [-0.25, -0.2) is 0 Å². The zero-order chi connectivity index (χ0) is 23.3. The minimum Gasteiger partial charge on any atom is -0.322 e. The van der Waals surface area contributed by atoms with Crippen LogP contribution in [-0.2, 0) is 4.79 Å². The van der Waals surface area contributed by atoms with Gasteiger partial charge in [-0.1, -0.05) is 41.4 Å². The van der Waals surface area contributed by atoms with Crippen LogP contribution in [0.5, 0.6) is 0 Å². The van der Waals surface area contributed by atoms with E-state index in [1.165, 1.54) is 6.08 Å². The average molecular weight is 444 g/mol. The Morgan fingerprint density at radius 2 is 1.59 bits per heavy atom. The molecule has 0 aliphatic rings. The van der Waals surface area contributed by atoms with Gasteiger partial charge < -0.3 is 10.6 Å². The van der Waals surface area contributed by atoms with Crippen molar-refractivity contribution in [1.82, 2.24) is 0 Å². The maximum Gasteiger partial charge on any atom is 0.266 e. The summed E-state index contributed by atoms with van der Waals surface area (Å²) in [6, 6.07) is 19.4. The molecule has 0 heterocycles. The summed E-state index contributed by atoms with van der Waals surface area (Å²) in [6.45, 7) is 5.82. The lowest BCUT2D eigenvalue weighted by molar-refractivity contribution is -0.112. The SMILES string of the molecule is Cc1cc(C)c(NC(=O)/C(C#N)=C/c2cccc(NC(=O)c3ccc(Cl)cc3)c2)c(C)c1. The van der Waals surface area contributed by atoms with Crippen molar-refractivity contribution in [2.45, 2.75) is 20.8 Å². The molecule has 0 unspecified atom stereocenters. The number of hydrogen-bond donors (Lipinski definition) is 2. The monoisotopic (exact) mass is 443 g/mol. The highest BCUT2D eigenvalue weighted by Crippen LogP contribution is 2.23. The predicted octanol–water partition coefficient (Wildman–Crippen LogP) is 6.06. The minimum absolute atomic E-state index is 0.0365. The molecule has 160 valence electrons. The lowest BCUT2D eigenvalue weighted by Gasteiger charge is -2.12. The van der Waals surface area contributed by atoms with E-state index in [0.717, 1.165) is 16.7 Å². The van der Waals surface area contributed by atoms with Crippen molar-refractivity contribution >= 4 is 40.9 Å². The molecule has 2 N–H and O–H groups in total. The predicted molar refractivity (Wildman–Crippen MR) is 129 cm³/mol. The number of nitrogens with one attached hydrogen (secondary N) is 2. The highest BCUT2D eigenvalue weighted by atomic mass is 35.5. The van der Waals surface area contributed by atoms with Crippen LogP contribution in [0.15, 0.2) is 66.2 Å². The van der Waals surface area contributed by atoms with Crippen LogP contribution >= 0.6 is 11.6 Å². The smallest absolute Gasteiger partial charge is 0.266 e. The first-order chi connectivity index (χ1) is 15.3. The number of aryl methyl sites for hydroxylation is 3. The Balaban J connectivity index is 1.79. The van der Waals surface area contributed by atoms with Gasteiger partial charge >= 0.3 is 0 Å². The largest absolute Gasteiger partial charge is 0.322 e. The summed E-state index contributed by atoms with van der Waals surface area (Å²) in [4.78, 5) is 25.2. The molecule has 0 spiro atoms. The van der Waals surface area contributed by atoms with Crippen molar-refractivity contribution in [3.05, 3.63) is 99.1 Å². The maximum absolute atomic E-state index is 12.7. The van der Waals surface area contributed by atoms with Gasteiger partial charge in [0.25, 0.3) is 11.8 Å². The molecule has 0 aliphatic carbocycles. The highest BCUT2D eigenvalue weighted by Gasteiger charge is 2.13. The number of rotatable bonds is 5. The molecule has 0 saturated carbocycles. The minimum atomic E-state index is -0.488. The summed E-state index contributed by atoms with van der Waals surface area (Å²) in [5.41, 5.74) is 5.25. The van der Waals surface area contributed by atoms with Crippen LogP contribution in [0, 0.1) is 32.1 Å². The Labute approximate surface area is 192 Å². The third-order valence-corrected chi connectivity index (χ3v) is 5.09. The van der Waals surface area contributed by atoms with E-state index in [-0.39, 0.29) is 11.5 Å². The number of nitriles is 1. The van der Waals surface area contributed by atoms with Gasteiger partial charge in [0.05, 0.1) is 0 Å². The van der Waals surface area contributed by atoms with Crippen molar-refractivity contribution in [2.75, 3.05) is 10.6 Å². The number of anilines is 2. The molecule has 6 heteroatoms. The van der Waals surface area contributed by atoms with E-state index in [1.54, 1.807) is 48.5 Å². The lowest BCUT2D eigenvalue weighted by atomic mass is 10.0. The summed E-state index contributed by atoms with van der Waals surface area (Å²) >= 11 is 5.86. The summed E-state index contributed by atoms with van der Waals surface area (Å²) in [5, 5.41) is 15.7. The normalized spacial score (nSPS) is 10.9. The van der Waals surface area contributed by atoms with Crippen LogP contribution < -0.4 is 10.6 Å². The number of carbonyl (C=O) groups excluding carboxylic acids is 2. The summed E-state index contributed by atoms with van der Waals surface area (Å²) in [5.74, 6) is -0.774. The zero-order valence-electron chi connectivity index (χ0n) is 18.0.